The van der Waals surface area contributed by atoms with E-state index in [-0.39, 0.29) is 16.6 Å². The molecule has 0 spiro atoms. The van der Waals surface area contributed by atoms with Crippen LogP contribution in [0.25, 0.3) is 0 Å². The number of likely N-dealkylation sites (N-methyl/N-ethyl adjacent to an activating group) is 1. The Morgan fingerprint density at radius 3 is 2.40 bits per heavy atom. The molecular formula is C21H23N3O5S. The lowest BCUT2D eigenvalue weighted by Gasteiger charge is -2.22. The molecule has 1 aliphatic heterocycles. The van der Waals surface area contributed by atoms with Crippen LogP contribution < -0.4 is 4.72 Å². The van der Waals surface area contributed by atoms with Gasteiger partial charge in [0, 0.05) is 19.2 Å². The summed E-state index contributed by atoms with van der Waals surface area (Å²) < 4.78 is 31.9. The Morgan fingerprint density at radius 1 is 1.07 bits per heavy atom. The number of rotatable bonds is 6. The summed E-state index contributed by atoms with van der Waals surface area (Å²) >= 11 is 0. The summed E-state index contributed by atoms with van der Waals surface area (Å²) in [6, 6.07) is 14.8. The minimum Gasteiger partial charge on any atom is -0.451 e. The molecule has 0 bridgehead atoms. The van der Waals surface area contributed by atoms with Crippen molar-refractivity contribution in [1.82, 2.24) is 9.62 Å². The van der Waals surface area contributed by atoms with Crippen LogP contribution in [0.2, 0.25) is 0 Å². The van der Waals surface area contributed by atoms with Gasteiger partial charge in [-0.15, -0.1) is 0 Å². The molecule has 1 amide bonds. The molecule has 0 saturated carbocycles. The molecule has 0 aliphatic carbocycles. The van der Waals surface area contributed by atoms with Crippen LogP contribution in [0, 0.1) is 0 Å². The quantitative estimate of drug-likeness (QED) is 0.704. The van der Waals surface area contributed by atoms with Crippen molar-refractivity contribution in [3.05, 3.63) is 65.7 Å². The van der Waals surface area contributed by atoms with Crippen molar-refractivity contribution in [3.63, 3.8) is 0 Å². The van der Waals surface area contributed by atoms with E-state index in [2.05, 4.69) is 9.71 Å². The van der Waals surface area contributed by atoms with E-state index >= 15 is 0 Å². The number of ether oxygens (including phenoxy) is 1. The Kier molecular flexibility index (Phi) is 6.21. The zero-order valence-corrected chi connectivity index (χ0v) is 17.7. The fraction of sp³-hybridized carbons (Fsp3) is 0.286. The standard InChI is InChI=1S/C21H23N3O5S/c1-14(22-19-17-11-7-8-12-18(17)30(27,28)23-19)21(26)29-15(2)20(25)24(3)13-16-9-5-4-6-10-16/h4-12,14-15H,13H2,1-3H3,(H,22,23). The number of hydrogen-bond donors (Lipinski definition) is 1. The SMILES string of the molecule is CC(N=C1NS(=O)(=O)c2ccccc21)C(=O)OC(C)C(=O)N(C)Cc1ccccc1. The molecule has 158 valence electrons. The summed E-state index contributed by atoms with van der Waals surface area (Å²) in [5.74, 6) is -0.991. The van der Waals surface area contributed by atoms with E-state index in [1.54, 1.807) is 25.2 Å². The number of nitrogens with one attached hydrogen (secondary N) is 1. The van der Waals surface area contributed by atoms with Crippen molar-refractivity contribution in [3.8, 4) is 0 Å². The lowest BCUT2D eigenvalue weighted by molar-refractivity contribution is -0.159. The van der Waals surface area contributed by atoms with Crippen LogP contribution >= 0.6 is 0 Å². The zero-order chi connectivity index (χ0) is 21.9. The zero-order valence-electron chi connectivity index (χ0n) is 16.9. The number of benzene rings is 2. The third-order valence-electron chi connectivity index (χ3n) is 4.61. The lowest BCUT2D eigenvalue weighted by atomic mass is 10.2. The van der Waals surface area contributed by atoms with Gasteiger partial charge in [0.15, 0.2) is 6.10 Å². The van der Waals surface area contributed by atoms with Crippen molar-refractivity contribution in [2.75, 3.05) is 7.05 Å². The molecule has 0 fully saturated rings. The molecule has 0 aromatic heterocycles. The maximum Gasteiger partial charge on any atom is 0.331 e. The first kappa shape index (κ1) is 21.5. The van der Waals surface area contributed by atoms with Crippen LogP contribution in [0.4, 0.5) is 0 Å². The number of nitrogens with zero attached hydrogens (tertiary/aromatic N) is 2. The minimum atomic E-state index is -3.70. The second-order valence-electron chi connectivity index (χ2n) is 7.01. The molecule has 0 saturated heterocycles. The molecule has 9 heteroatoms. The number of fused-ring (bicyclic) bond motifs is 1. The highest BCUT2D eigenvalue weighted by Crippen LogP contribution is 2.22. The van der Waals surface area contributed by atoms with Crippen LogP contribution in [0.5, 0.6) is 0 Å². The van der Waals surface area contributed by atoms with Crippen LogP contribution in [0.3, 0.4) is 0 Å². The highest BCUT2D eigenvalue weighted by molar-refractivity contribution is 7.90. The fourth-order valence-electron chi connectivity index (χ4n) is 3.04. The van der Waals surface area contributed by atoms with Crippen molar-refractivity contribution in [2.24, 2.45) is 4.99 Å². The number of carbonyl (C=O) groups is 2. The van der Waals surface area contributed by atoms with Crippen LogP contribution in [0.15, 0.2) is 64.5 Å². The van der Waals surface area contributed by atoms with E-state index in [1.165, 1.54) is 24.8 Å². The predicted octanol–water partition coefficient (Wildman–Crippen LogP) is 1.70. The second kappa shape index (κ2) is 8.66. The number of carbonyl (C=O) groups excluding carboxylic acids is 2. The molecule has 1 N–H and O–H groups in total. The third-order valence-corrected chi connectivity index (χ3v) is 6.00. The molecule has 2 aromatic carbocycles. The molecule has 2 aromatic rings. The summed E-state index contributed by atoms with van der Waals surface area (Å²) in [5.41, 5.74) is 1.35. The minimum absolute atomic E-state index is 0.0789. The van der Waals surface area contributed by atoms with E-state index in [0.717, 1.165) is 5.56 Å². The topological polar surface area (TPSA) is 105 Å². The summed E-state index contributed by atoms with van der Waals surface area (Å²) in [6.07, 6.45) is -0.999. The Labute approximate surface area is 175 Å². The van der Waals surface area contributed by atoms with E-state index in [0.29, 0.717) is 12.1 Å². The summed E-state index contributed by atoms with van der Waals surface area (Å²) in [4.78, 5) is 30.7. The van der Waals surface area contributed by atoms with Gasteiger partial charge in [-0.2, -0.15) is 0 Å². The number of esters is 1. The van der Waals surface area contributed by atoms with Gasteiger partial charge in [-0.3, -0.25) is 14.5 Å². The predicted molar refractivity (Wildman–Crippen MR) is 111 cm³/mol. The van der Waals surface area contributed by atoms with Gasteiger partial charge >= 0.3 is 5.97 Å². The maximum absolute atomic E-state index is 12.5. The van der Waals surface area contributed by atoms with Crippen molar-refractivity contribution < 1.29 is 22.7 Å². The number of amides is 1. The first-order valence-electron chi connectivity index (χ1n) is 9.38. The average molecular weight is 429 g/mol. The van der Waals surface area contributed by atoms with Gasteiger partial charge in [0.2, 0.25) is 0 Å². The van der Waals surface area contributed by atoms with Gasteiger partial charge in [0.05, 0.1) is 4.90 Å². The third kappa shape index (κ3) is 4.68. The van der Waals surface area contributed by atoms with Crippen molar-refractivity contribution in [1.29, 1.82) is 0 Å². The Morgan fingerprint density at radius 2 is 1.70 bits per heavy atom. The molecule has 2 unspecified atom stereocenters. The molecule has 1 aliphatic rings. The molecule has 8 nitrogen and oxygen atoms in total. The molecule has 2 atom stereocenters. The smallest absolute Gasteiger partial charge is 0.331 e. The van der Waals surface area contributed by atoms with E-state index in [1.807, 2.05) is 30.3 Å². The normalized spacial score (nSPS) is 17.5. The highest BCUT2D eigenvalue weighted by Gasteiger charge is 2.32. The van der Waals surface area contributed by atoms with Gasteiger partial charge < -0.3 is 9.64 Å². The lowest BCUT2D eigenvalue weighted by Crippen LogP contribution is -2.38. The summed E-state index contributed by atoms with van der Waals surface area (Å²) in [6.45, 7) is 3.36. The van der Waals surface area contributed by atoms with Crippen LogP contribution in [-0.4, -0.2) is 50.2 Å². The van der Waals surface area contributed by atoms with Gasteiger partial charge in [-0.05, 0) is 31.5 Å². The Bertz CT molecular complexity index is 1080. The molecule has 1 heterocycles. The monoisotopic (exact) mass is 429 g/mol. The van der Waals surface area contributed by atoms with E-state index in [4.69, 9.17) is 4.74 Å². The molecular weight excluding hydrogens is 406 g/mol. The average Bonchev–Trinajstić information content (AvgIpc) is 2.98. The number of aliphatic imine (C=N–C) groups is 1. The van der Waals surface area contributed by atoms with Gasteiger partial charge in [-0.25, -0.2) is 13.2 Å². The first-order chi connectivity index (χ1) is 14.2. The summed E-state index contributed by atoms with van der Waals surface area (Å²) in [5, 5.41) is 0. The maximum atomic E-state index is 12.5. The van der Waals surface area contributed by atoms with Crippen LogP contribution in [-0.2, 0) is 30.9 Å². The van der Waals surface area contributed by atoms with Gasteiger partial charge in [0.25, 0.3) is 15.9 Å². The van der Waals surface area contributed by atoms with Crippen molar-refractivity contribution in [2.45, 2.75) is 37.4 Å². The van der Waals surface area contributed by atoms with Crippen molar-refractivity contribution >= 4 is 27.7 Å². The molecule has 0 radical (unpaired) electrons. The Hall–Kier alpha value is -3.20. The van der Waals surface area contributed by atoms with Gasteiger partial charge in [0.1, 0.15) is 11.9 Å². The van der Waals surface area contributed by atoms with Crippen LogP contribution in [0.1, 0.15) is 25.0 Å². The van der Waals surface area contributed by atoms with E-state index < -0.39 is 28.1 Å². The molecule has 3 rings (SSSR count). The van der Waals surface area contributed by atoms with E-state index in [9.17, 15) is 18.0 Å². The number of sulfonamides is 1. The summed E-state index contributed by atoms with van der Waals surface area (Å²) in [7, 11) is -2.06. The highest BCUT2D eigenvalue weighted by atomic mass is 32.2. The first-order valence-corrected chi connectivity index (χ1v) is 10.9. The number of amidine groups is 1. The number of hydrogen-bond acceptors (Lipinski definition) is 6. The largest absolute Gasteiger partial charge is 0.451 e. The molecule has 30 heavy (non-hydrogen) atoms. The Balaban J connectivity index is 1.64. The van der Waals surface area contributed by atoms with Gasteiger partial charge in [-0.1, -0.05) is 42.5 Å². The fourth-order valence-corrected chi connectivity index (χ4v) is 4.28. The second-order valence-corrected chi connectivity index (χ2v) is 8.67.